The average molecular weight is 244 g/mol. The zero-order valence-electron chi connectivity index (χ0n) is 10.1. The van der Waals surface area contributed by atoms with E-state index >= 15 is 0 Å². The minimum atomic E-state index is 0.0232. The number of amides is 1. The Labute approximate surface area is 105 Å². The third-order valence-electron chi connectivity index (χ3n) is 3.46. The van der Waals surface area contributed by atoms with Gasteiger partial charge in [0.05, 0.1) is 5.56 Å². The molecule has 1 atom stereocenters. The molecule has 94 valence electrons. The Morgan fingerprint density at radius 1 is 1.39 bits per heavy atom. The fourth-order valence-corrected chi connectivity index (χ4v) is 2.51. The maximum absolute atomic E-state index is 12.4. The lowest BCUT2D eigenvalue weighted by Gasteiger charge is -2.30. The van der Waals surface area contributed by atoms with Crippen LogP contribution in [0.4, 0.5) is 0 Å². The molecule has 2 N–H and O–H groups in total. The fourth-order valence-electron chi connectivity index (χ4n) is 2.51. The highest BCUT2D eigenvalue weighted by atomic mass is 16.3. The molecule has 1 aliphatic heterocycles. The van der Waals surface area contributed by atoms with Crippen molar-refractivity contribution in [2.24, 2.45) is 5.73 Å². The summed E-state index contributed by atoms with van der Waals surface area (Å²) in [6, 6.07) is 7.69. The second-order valence-corrected chi connectivity index (χ2v) is 4.80. The second-order valence-electron chi connectivity index (χ2n) is 4.80. The van der Waals surface area contributed by atoms with Crippen molar-refractivity contribution in [3.63, 3.8) is 0 Å². The highest BCUT2D eigenvalue weighted by Crippen LogP contribution is 2.23. The van der Waals surface area contributed by atoms with E-state index in [4.69, 9.17) is 10.2 Å². The zero-order valence-corrected chi connectivity index (χ0v) is 10.1. The number of hydrogen-bond acceptors (Lipinski definition) is 3. The molecule has 0 saturated carbocycles. The highest BCUT2D eigenvalue weighted by molar-refractivity contribution is 6.05. The molecule has 0 unspecified atom stereocenters. The predicted molar refractivity (Wildman–Crippen MR) is 69.3 cm³/mol. The smallest absolute Gasteiger partial charge is 0.257 e. The normalized spacial score (nSPS) is 20.3. The van der Waals surface area contributed by atoms with Gasteiger partial charge in [0.25, 0.3) is 5.91 Å². The quantitative estimate of drug-likeness (QED) is 0.834. The number of nitrogens with zero attached hydrogens (tertiary/aromatic N) is 1. The number of likely N-dealkylation sites (tertiary alicyclic amines) is 1. The van der Waals surface area contributed by atoms with Gasteiger partial charge in [-0.05, 0) is 18.9 Å². The van der Waals surface area contributed by atoms with Crippen LogP contribution >= 0.6 is 0 Å². The van der Waals surface area contributed by atoms with Crippen LogP contribution in [0.3, 0.4) is 0 Å². The molecule has 1 amide bonds. The average Bonchev–Trinajstić information content (AvgIpc) is 2.82. The van der Waals surface area contributed by atoms with Crippen LogP contribution in [0.15, 0.2) is 34.9 Å². The topological polar surface area (TPSA) is 59.5 Å². The standard InChI is InChI=1S/C14H16N2O2/c15-10-4-3-7-16(8-10)14(17)12-9-18-13-6-2-1-5-11(12)13/h1-2,5-6,9-10H,3-4,7-8,15H2/t10-/m1/s1. The largest absolute Gasteiger partial charge is 0.463 e. The lowest BCUT2D eigenvalue weighted by Crippen LogP contribution is -2.45. The first-order chi connectivity index (χ1) is 8.75. The summed E-state index contributed by atoms with van der Waals surface area (Å²) in [6.07, 6.45) is 3.52. The van der Waals surface area contributed by atoms with Crippen LogP contribution in [0, 0.1) is 0 Å². The monoisotopic (exact) mass is 244 g/mol. The number of carbonyl (C=O) groups excluding carboxylic acids is 1. The molecule has 2 heterocycles. The number of piperidine rings is 1. The maximum Gasteiger partial charge on any atom is 0.257 e. The second kappa shape index (κ2) is 4.46. The first-order valence-electron chi connectivity index (χ1n) is 6.27. The van der Waals surface area contributed by atoms with Crippen LogP contribution in [-0.2, 0) is 0 Å². The molecule has 3 rings (SSSR count). The molecular weight excluding hydrogens is 228 g/mol. The Morgan fingerprint density at radius 3 is 3.06 bits per heavy atom. The first-order valence-corrected chi connectivity index (χ1v) is 6.27. The highest BCUT2D eigenvalue weighted by Gasteiger charge is 2.24. The van der Waals surface area contributed by atoms with Crippen molar-refractivity contribution in [2.75, 3.05) is 13.1 Å². The summed E-state index contributed by atoms with van der Waals surface area (Å²) >= 11 is 0. The first kappa shape index (κ1) is 11.3. The third kappa shape index (κ3) is 1.88. The van der Waals surface area contributed by atoms with E-state index in [9.17, 15) is 4.79 Å². The van der Waals surface area contributed by atoms with Gasteiger partial charge >= 0.3 is 0 Å². The number of furan rings is 1. The van der Waals surface area contributed by atoms with E-state index in [0.29, 0.717) is 12.1 Å². The zero-order chi connectivity index (χ0) is 12.5. The van der Waals surface area contributed by atoms with Gasteiger partial charge in [0.15, 0.2) is 0 Å². The van der Waals surface area contributed by atoms with Crippen LogP contribution in [0.2, 0.25) is 0 Å². The molecule has 0 spiro atoms. The van der Waals surface area contributed by atoms with Crippen LogP contribution in [-0.4, -0.2) is 29.9 Å². The van der Waals surface area contributed by atoms with Crippen molar-refractivity contribution in [2.45, 2.75) is 18.9 Å². The molecule has 4 nitrogen and oxygen atoms in total. The molecule has 1 fully saturated rings. The van der Waals surface area contributed by atoms with Gasteiger partial charge in [-0.3, -0.25) is 4.79 Å². The summed E-state index contributed by atoms with van der Waals surface area (Å²) in [5, 5.41) is 0.877. The molecular formula is C14H16N2O2. The number of para-hydroxylation sites is 1. The van der Waals surface area contributed by atoms with Crippen molar-refractivity contribution in [1.82, 2.24) is 4.90 Å². The Hall–Kier alpha value is -1.81. The van der Waals surface area contributed by atoms with Crippen LogP contribution in [0.5, 0.6) is 0 Å². The maximum atomic E-state index is 12.4. The van der Waals surface area contributed by atoms with Gasteiger partial charge in [0.1, 0.15) is 11.8 Å². The van der Waals surface area contributed by atoms with E-state index in [1.165, 1.54) is 0 Å². The molecule has 0 radical (unpaired) electrons. The number of hydrogen-bond donors (Lipinski definition) is 1. The van der Waals surface area contributed by atoms with E-state index in [2.05, 4.69) is 0 Å². The van der Waals surface area contributed by atoms with E-state index in [0.717, 1.165) is 30.4 Å². The summed E-state index contributed by atoms with van der Waals surface area (Å²) in [5.41, 5.74) is 7.30. The van der Waals surface area contributed by atoms with Crippen molar-refractivity contribution in [1.29, 1.82) is 0 Å². The summed E-state index contributed by atoms with van der Waals surface area (Å²) in [4.78, 5) is 14.3. The minimum Gasteiger partial charge on any atom is -0.463 e. The third-order valence-corrected chi connectivity index (χ3v) is 3.46. The summed E-state index contributed by atoms with van der Waals surface area (Å²) in [5.74, 6) is 0.0232. The van der Waals surface area contributed by atoms with Gasteiger partial charge in [-0.1, -0.05) is 18.2 Å². The van der Waals surface area contributed by atoms with Crippen molar-refractivity contribution in [3.05, 3.63) is 36.1 Å². The van der Waals surface area contributed by atoms with E-state index in [-0.39, 0.29) is 11.9 Å². The Kier molecular flexibility index (Phi) is 2.80. The van der Waals surface area contributed by atoms with Gasteiger partial charge < -0.3 is 15.1 Å². The number of nitrogens with two attached hydrogens (primary N) is 1. The molecule has 18 heavy (non-hydrogen) atoms. The van der Waals surface area contributed by atoms with Gasteiger partial charge in [-0.2, -0.15) is 0 Å². The molecule has 1 saturated heterocycles. The Morgan fingerprint density at radius 2 is 2.22 bits per heavy atom. The lowest BCUT2D eigenvalue weighted by atomic mass is 10.1. The van der Waals surface area contributed by atoms with E-state index in [1.54, 1.807) is 6.26 Å². The predicted octanol–water partition coefficient (Wildman–Crippen LogP) is 2.00. The molecule has 4 heteroatoms. The molecule has 1 aromatic heterocycles. The molecule has 1 aromatic carbocycles. The summed E-state index contributed by atoms with van der Waals surface area (Å²) < 4.78 is 5.41. The Bertz CT molecular complexity index is 576. The van der Waals surface area contributed by atoms with Crippen molar-refractivity contribution >= 4 is 16.9 Å². The summed E-state index contributed by atoms with van der Waals surface area (Å²) in [7, 11) is 0. The van der Waals surface area contributed by atoms with Crippen LogP contribution in [0.25, 0.3) is 11.0 Å². The number of rotatable bonds is 1. The number of fused-ring (bicyclic) bond motifs is 1. The lowest BCUT2D eigenvalue weighted by molar-refractivity contribution is 0.0710. The van der Waals surface area contributed by atoms with Gasteiger partial charge in [0.2, 0.25) is 0 Å². The molecule has 0 aliphatic carbocycles. The van der Waals surface area contributed by atoms with E-state index < -0.39 is 0 Å². The van der Waals surface area contributed by atoms with Gasteiger partial charge in [-0.25, -0.2) is 0 Å². The van der Waals surface area contributed by atoms with Crippen molar-refractivity contribution < 1.29 is 9.21 Å². The molecule has 0 bridgehead atoms. The molecule has 1 aliphatic rings. The number of benzene rings is 1. The fraction of sp³-hybridized carbons (Fsp3) is 0.357. The Balaban J connectivity index is 1.92. The summed E-state index contributed by atoms with van der Waals surface area (Å²) in [6.45, 7) is 1.42. The minimum absolute atomic E-state index is 0.0232. The van der Waals surface area contributed by atoms with E-state index in [1.807, 2.05) is 29.2 Å². The van der Waals surface area contributed by atoms with Gasteiger partial charge in [0, 0.05) is 24.5 Å². The van der Waals surface area contributed by atoms with Crippen LogP contribution < -0.4 is 5.73 Å². The number of carbonyl (C=O) groups is 1. The van der Waals surface area contributed by atoms with Crippen molar-refractivity contribution in [3.8, 4) is 0 Å². The van der Waals surface area contributed by atoms with Crippen LogP contribution in [0.1, 0.15) is 23.2 Å². The SMILES string of the molecule is N[C@@H]1CCCN(C(=O)c2coc3ccccc23)C1. The molecule has 2 aromatic rings. The van der Waals surface area contributed by atoms with Gasteiger partial charge in [-0.15, -0.1) is 0 Å².